The third-order valence-electron chi connectivity index (χ3n) is 3.20. The Kier molecular flexibility index (Phi) is 4.68. The summed E-state index contributed by atoms with van der Waals surface area (Å²) < 4.78 is 2.22. The number of aryl methyl sites for hydroxylation is 2. The Bertz CT molecular complexity index is 518. The second-order valence-electron chi connectivity index (χ2n) is 4.94. The van der Waals surface area contributed by atoms with Crippen LogP contribution in [-0.2, 0) is 19.5 Å². The highest BCUT2D eigenvalue weighted by Gasteiger charge is 2.06. The zero-order valence-electron chi connectivity index (χ0n) is 11.9. The topological polar surface area (TPSA) is 42.7 Å². The first-order valence-electron chi connectivity index (χ1n) is 6.84. The molecule has 2 aromatic heterocycles. The van der Waals surface area contributed by atoms with Crippen molar-refractivity contribution in [3.63, 3.8) is 0 Å². The zero-order valence-corrected chi connectivity index (χ0v) is 11.9. The SMILES string of the molecule is CCc1nccn1C[C@H](C)NCc1ccnc(C)c1. The van der Waals surface area contributed by atoms with Crippen LogP contribution in [-0.4, -0.2) is 20.6 Å². The molecule has 2 rings (SSSR count). The molecule has 102 valence electrons. The fourth-order valence-corrected chi connectivity index (χ4v) is 2.19. The Morgan fingerprint density at radius 3 is 2.89 bits per heavy atom. The first-order valence-corrected chi connectivity index (χ1v) is 6.84. The van der Waals surface area contributed by atoms with Gasteiger partial charge in [-0.25, -0.2) is 4.98 Å². The maximum atomic E-state index is 4.34. The Morgan fingerprint density at radius 1 is 1.32 bits per heavy atom. The standard InChI is InChI=1S/C15H22N4/c1-4-15-17-7-8-19(15)11-13(3)18-10-14-5-6-16-12(2)9-14/h5-9,13,18H,4,10-11H2,1-3H3/t13-/m0/s1. The van der Waals surface area contributed by atoms with Crippen molar-refractivity contribution in [2.75, 3.05) is 0 Å². The molecule has 0 amide bonds. The number of rotatable bonds is 6. The molecule has 0 aliphatic carbocycles. The summed E-state index contributed by atoms with van der Waals surface area (Å²) in [7, 11) is 0. The third-order valence-corrected chi connectivity index (χ3v) is 3.20. The average Bonchev–Trinajstić information content (AvgIpc) is 2.84. The Hall–Kier alpha value is -1.68. The van der Waals surface area contributed by atoms with Gasteiger partial charge in [0.1, 0.15) is 5.82 Å². The number of hydrogen-bond acceptors (Lipinski definition) is 3. The Labute approximate surface area is 114 Å². The van der Waals surface area contributed by atoms with E-state index in [1.165, 1.54) is 5.56 Å². The smallest absolute Gasteiger partial charge is 0.108 e. The van der Waals surface area contributed by atoms with Crippen LogP contribution >= 0.6 is 0 Å². The van der Waals surface area contributed by atoms with Crippen LogP contribution < -0.4 is 5.32 Å². The van der Waals surface area contributed by atoms with Crippen molar-refractivity contribution in [2.45, 2.75) is 46.3 Å². The molecule has 0 unspecified atom stereocenters. The molecule has 0 spiro atoms. The van der Waals surface area contributed by atoms with Gasteiger partial charge in [-0.15, -0.1) is 0 Å². The van der Waals surface area contributed by atoms with Crippen LogP contribution in [0.15, 0.2) is 30.7 Å². The first-order chi connectivity index (χ1) is 9.19. The van der Waals surface area contributed by atoms with E-state index in [1.807, 2.05) is 25.5 Å². The van der Waals surface area contributed by atoms with Crippen molar-refractivity contribution in [2.24, 2.45) is 0 Å². The molecular weight excluding hydrogens is 236 g/mol. The molecule has 19 heavy (non-hydrogen) atoms. The van der Waals surface area contributed by atoms with Crippen molar-refractivity contribution < 1.29 is 0 Å². The van der Waals surface area contributed by atoms with Gasteiger partial charge in [-0.05, 0) is 31.5 Å². The van der Waals surface area contributed by atoms with E-state index in [4.69, 9.17) is 0 Å². The van der Waals surface area contributed by atoms with Crippen molar-refractivity contribution in [1.82, 2.24) is 19.9 Å². The molecule has 2 aromatic rings. The molecule has 0 radical (unpaired) electrons. The summed E-state index contributed by atoms with van der Waals surface area (Å²) in [6.07, 6.45) is 6.76. The summed E-state index contributed by atoms with van der Waals surface area (Å²) in [6, 6.07) is 4.59. The molecule has 1 N–H and O–H groups in total. The monoisotopic (exact) mass is 258 g/mol. The summed E-state index contributed by atoms with van der Waals surface area (Å²) in [4.78, 5) is 8.55. The zero-order chi connectivity index (χ0) is 13.7. The summed E-state index contributed by atoms with van der Waals surface area (Å²) in [5.74, 6) is 1.15. The van der Waals surface area contributed by atoms with Crippen LogP contribution in [0.25, 0.3) is 0 Å². The molecule has 0 bridgehead atoms. The largest absolute Gasteiger partial charge is 0.333 e. The second kappa shape index (κ2) is 6.48. The molecule has 0 saturated carbocycles. The molecule has 0 fully saturated rings. The minimum atomic E-state index is 0.410. The van der Waals surface area contributed by atoms with E-state index >= 15 is 0 Å². The van der Waals surface area contributed by atoms with Gasteiger partial charge in [0.25, 0.3) is 0 Å². The van der Waals surface area contributed by atoms with E-state index in [0.717, 1.165) is 31.0 Å². The normalized spacial score (nSPS) is 12.6. The van der Waals surface area contributed by atoms with Gasteiger partial charge in [0, 0.05) is 49.8 Å². The van der Waals surface area contributed by atoms with Crippen molar-refractivity contribution in [3.8, 4) is 0 Å². The fraction of sp³-hybridized carbons (Fsp3) is 0.467. The number of nitrogens with one attached hydrogen (secondary N) is 1. The maximum absolute atomic E-state index is 4.34. The van der Waals surface area contributed by atoms with E-state index in [2.05, 4.69) is 45.8 Å². The van der Waals surface area contributed by atoms with Crippen LogP contribution in [0.1, 0.15) is 30.9 Å². The predicted molar refractivity (Wildman–Crippen MR) is 76.9 cm³/mol. The second-order valence-corrected chi connectivity index (χ2v) is 4.94. The molecule has 4 nitrogen and oxygen atoms in total. The van der Waals surface area contributed by atoms with E-state index in [1.54, 1.807) is 0 Å². The van der Waals surface area contributed by atoms with Crippen LogP contribution in [0.3, 0.4) is 0 Å². The highest BCUT2D eigenvalue weighted by molar-refractivity contribution is 5.15. The summed E-state index contributed by atoms with van der Waals surface area (Å²) in [6.45, 7) is 8.18. The molecule has 0 aromatic carbocycles. The molecule has 0 aliphatic rings. The van der Waals surface area contributed by atoms with Crippen molar-refractivity contribution in [1.29, 1.82) is 0 Å². The van der Waals surface area contributed by atoms with Crippen molar-refractivity contribution in [3.05, 3.63) is 47.8 Å². The molecular formula is C15H22N4. The lowest BCUT2D eigenvalue weighted by molar-refractivity contribution is 0.467. The number of pyridine rings is 1. The van der Waals surface area contributed by atoms with E-state index < -0.39 is 0 Å². The molecule has 0 aliphatic heterocycles. The average molecular weight is 258 g/mol. The highest BCUT2D eigenvalue weighted by atomic mass is 15.1. The number of hydrogen-bond donors (Lipinski definition) is 1. The van der Waals surface area contributed by atoms with Crippen LogP contribution in [0, 0.1) is 6.92 Å². The van der Waals surface area contributed by atoms with Crippen LogP contribution in [0.2, 0.25) is 0 Å². The van der Waals surface area contributed by atoms with Gasteiger partial charge in [-0.3, -0.25) is 4.98 Å². The summed E-state index contributed by atoms with van der Waals surface area (Å²) >= 11 is 0. The summed E-state index contributed by atoms with van der Waals surface area (Å²) in [5.41, 5.74) is 2.34. The molecule has 0 saturated heterocycles. The van der Waals surface area contributed by atoms with Gasteiger partial charge in [0.2, 0.25) is 0 Å². The van der Waals surface area contributed by atoms with Crippen molar-refractivity contribution >= 4 is 0 Å². The molecule has 4 heteroatoms. The van der Waals surface area contributed by atoms with Gasteiger partial charge >= 0.3 is 0 Å². The fourth-order valence-electron chi connectivity index (χ4n) is 2.19. The van der Waals surface area contributed by atoms with E-state index in [-0.39, 0.29) is 0 Å². The Morgan fingerprint density at radius 2 is 2.16 bits per heavy atom. The lowest BCUT2D eigenvalue weighted by atomic mass is 10.2. The van der Waals surface area contributed by atoms with E-state index in [0.29, 0.717) is 6.04 Å². The maximum Gasteiger partial charge on any atom is 0.108 e. The summed E-state index contributed by atoms with van der Waals surface area (Å²) in [5, 5.41) is 3.54. The minimum absolute atomic E-state index is 0.410. The van der Waals surface area contributed by atoms with E-state index in [9.17, 15) is 0 Å². The molecule has 1 atom stereocenters. The van der Waals surface area contributed by atoms with Crippen LogP contribution in [0.5, 0.6) is 0 Å². The van der Waals surface area contributed by atoms with Gasteiger partial charge in [0.05, 0.1) is 0 Å². The number of imidazole rings is 1. The van der Waals surface area contributed by atoms with Gasteiger partial charge in [-0.2, -0.15) is 0 Å². The molecule has 2 heterocycles. The lowest BCUT2D eigenvalue weighted by Gasteiger charge is -2.16. The number of aromatic nitrogens is 3. The highest BCUT2D eigenvalue weighted by Crippen LogP contribution is 2.03. The van der Waals surface area contributed by atoms with Gasteiger partial charge in [0.15, 0.2) is 0 Å². The quantitative estimate of drug-likeness (QED) is 0.864. The lowest BCUT2D eigenvalue weighted by Crippen LogP contribution is -2.30. The predicted octanol–water partition coefficient (Wildman–Crippen LogP) is 2.33. The minimum Gasteiger partial charge on any atom is -0.333 e. The van der Waals surface area contributed by atoms with Crippen LogP contribution in [0.4, 0.5) is 0 Å². The number of nitrogens with zero attached hydrogens (tertiary/aromatic N) is 3. The van der Waals surface area contributed by atoms with Gasteiger partial charge < -0.3 is 9.88 Å². The Balaban J connectivity index is 1.86. The first kappa shape index (κ1) is 13.7. The van der Waals surface area contributed by atoms with Gasteiger partial charge in [-0.1, -0.05) is 6.92 Å². The third kappa shape index (κ3) is 3.89.